The molecule has 2 heterocycles. The Morgan fingerprint density at radius 2 is 2.09 bits per heavy atom. The molecule has 23 heavy (non-hydrogen) atoms. The molecule has 1 aromatic carbocycles. The van der Waals surface area contributed by atoms with E-state index in [1.165, 1.54) is 0 Å². The van der Waals surface area contributed by atoms with Gasteiger partial charge in [0.2, 0.25) is 0 Å². The number of ether oxygens (including phenoxy) is 2. The Kier molecular flexibility index (Phi) is 2.76. The maximum Gasteiger partial charge on any atom is 0.343 e. The molecule has 0 amide bonds. The second kappa shape index (κ2) is 4.33. The minimum Gasteiger partial charge on any atom is -0.311 e. The van der Waals surface area contributed by atoms with Crippen LogP contribution in [-0.2, 0) is 9.47 Å². The lowest BCUT2D eigenvalue weighted by molar-refractivity contribution is -0.677. The van der Waals surface area contributed by atoms with Crippen molar-refractivity contribution in [3.05, 3.63) is 34.3 Å². The van der Waals surface area contributed by atoms with Gasteiger partial charge in [0, 0.05) is 10.4 Å². The number of benzene rings is 1. The summed E-state index contributed by atoms with van der Waals surface area (Å²) in [5.74, 6) is -1.57. The molecule has 0 aromatic heterocycles. The van der Waals surface area contributed by atoms with E-state index in [-0.39, 0.29) is 11.9 Å². The number of halogens is 1. The van der Waals surface area contributed by atoms with Gasteiger partial charge in [0.05, 0.1) is 24.8 Å². The van der Waals surface area contributed by atoms with E-state index in [4.69, 9.17) is 15.2 Å². The van der Waals surface area contributed by atoms with E-state index in [2.05, 4.69) is 33.1 Å². The predicted octanol–water partition coefficient (Wildman–Crippen LogP) is 0.107. The number of hydrogen-bond donors (Lipinski definition) is 2. The maximum absolute atomic E-state index is 10.0. The Morgan fingerprint density at radius 1 is 1.35 bits per heavy atom. The number of fused-ring (bicyclic) bond motifs is 2. The first-order valence-corrected chi connectivity index (χ1v) is 8.08. The molecule has 7 heteroatoms. The van der Waals surface area contributed by atoms with Crippen molar-refractivity contribution in [2.75, 3.05) is 6.61 Å². The Balaban J connectivity index is 1.95. The molecular weight excluding hydrogens is 360 g/mol. The molecule has 1 aromatic rings. The Labute approximate surface area is 141 Å². The quantitative estimate of drug-likeness (QED) is 0.726. The average molecular weight is 374 g/mol. The molecule has 3 aliphatic rings. The number of amidine groups is 1. The SMILES string of the molecule is C[C@H]1CO[C@]2([NH+]=C(N)[C@@]3(C#N)[C@@H](c4ccccc4Br)[C@@]23C#N)O1. The van der Waals surface area contributed by atoms with Gasteiger partial charge in [-0.3, -0.25) is 5.73 Å². The van der Waals surface area contributed by atoms with Gasteiger partial charge >= 0.3 is 5.91 Å². The van der Waals surface area contributed by atoms with E-state index in [1.54, 1.807) is 0 Å². The summed E-state index contributed by atoms with van der Waals surface area (Å²) in [6, 6.07) is 12.1. The first-order valence-electron chi connectivity index (χ1n) is 7.29. The van der Waals surface area contributed by atoms with Gasteiger partial charge in [-0.1, -0.05) is 34.1 Å². The van der Waals surface area contributed by atoms with E-state index in [0.29, 0.717) is 6.61 Å². The molecule has 5 atom stereocenters. The zero-order chi connectivity index (χ0) is 16.5. The fourth-order valence-electron chi connectivity index (χ4n) is 4.14. The molecule has 0 unspecified atom stereocenters. The number of rotatable bonds is 1. The number of nitrogens with zero attached hydrogens (tertiary/aromatic N) is 2. The topological polar surface area (TPSA) is 106 Å². The monoisotopic (exact) mass is 373 g/mol. The van der Waals surface area contributed by atoms with Crippen LogP contribution in [0.15, 0.2) is 28.7 Å². The predicted molar refractivity (Wildman–Crippen MR) is 82.4 cm³/mol. The van der Waals surface area contributed by atoms with Crippen LogP contribution in [0.5, 0.6) is 0 Å². The molecule has 0 radical (unpaired) electrons. The van der Waals surface area contributed by atoms with Crippen molar-refractivity contribution in [1.29, 1.82) is 10.5 Å². The van der Waals surface area contributed by atoms with Gasteiger partial charge in [-0.05, 0) is 18.6 Å². The van der Waals surface area contributed by atoms with Crippen LogP contribution in [0.2, 0.25) is 0 Å². The molecular formula is C16H14BrN4O2+. The lowest BCUT2D eigenvalue weighted by Gasteiger charge is -2.24. The molecule has 2 aliphatic heterocycles. The van der Waals surface area contributed by atoms with Crippen LogP contribution < -0.4 is 10.7 Å². The van der Waals surface area contributed by atoms with Crippen LogP contribution in [0, 0.1) is 33.5 Å². The smallest absolute Gasteiger partial charge is 0.311 e. The number of hydrogen-bond acceptors (Lipinski definition) is 5. The largest absolute Gasteiger partial charge is 0.343 e. The third kappa shape index (κ3) is 1.37. The summed E-state index contributed by atoms with van der Waals surface area (Å²) in [4.78, 5) is 2.95. The fraction of sp³-hybridized carbons (Fsp3) is 0.438. The highest BCUT2D eigenvalue weighted by Crippen LogP contribution is 2.79. The van der Waals surface area contributed by atoms with Crippen molar-refractivity contribution >= 4 is 21.8 Å². The van der Waals surface area contributed by atoms with Gasteiger partial charge in [-0.2, -0.15) is 10.5 Å². The molecule has 1 aliphatic carbocycles. The summed E-state index contributed by atoms with van der Waals surface area (Å²) in [5.41, 5.74) is 4.63. The minimum atomic E-state index is -1.37. The molecule has 1 spiro atoms. The first-order chi connectivity index (χ1) is 11.0. The standard InChI is InChI=1S/C16H13BrN4O2/c1-9-6-22-16(23-9)15(8-19)12(10-4-2-3-5-11(10)17)14(15,7-18)13(20)21-16/h2-5,9,12H,6H2,1H3,(H2,20,21)/p+1/t9-,12+,14+,15+,16-/m0/s1. The van der Waals surface area contributed by atoms with Crippen molar-refractivity contribution in [3.63, 3.8) is 0 Å². The van der Waals surface area contributed by atoms with Crippen LogP contribution in [0.1, 0.15) is 18.4 Å². The molecule has 3 N–H and O–H groups in total. The van der Waals surface area contributed by atoms with Crippen LogP contribution >= 0.6 is 15.9 Å². The highest BCUT2D eigenvalue weighted by Gasteiger charge is 2.98. The van der Waals surface area contributed by atoms with Crippen molar-refractivity contribution in [3.8, 4) is 12.1 Å². The summed E-state index contributed by atoms with van der Waals surface area (Å²) in [5, 5.41) is 19.9. The van der Waals surface area contributed by atoms with Crippen molar-refractivity contribution < 1.29 is 14.5 Å². The Hall–Kier alpha value is -1.93. The second-order valence-corrected chi connectivity index (χ2v) is 7.04. The molecule has 0 bridgehead atoms. The summed E-state index contributed by atoms with van der Waals surface area (Å²) in [6.07, 6.45) is -0.185. The van der Waals surface area contributed by atoms with E-state index in [1.807, 2.05) is 31.2 Å². The number of nitrogens with one attached hydrogen (secondary N) is 1. The van der Waals surface area contributed by atoms with Gasteiger partial charge in [0.25, 0.3) is 5.84 Å². The summed E-state index contributed by atoms with van der Waals surface area (Å²) >= 11 is 3.51. The van der Waals surface area contributed by atoms with Crippen LogP contribution in [0.25, 0.3) is 0 Å². The lowest BCUT2D eigenvalue weighted by atomic mass is 9.94. The molecule has 2 fully saturated rings. The lowest BCUT2D eigenvalue weighted by Crippen LogP contribution is -2.90. The van der Waals surface area contributed by atoms with Gasteiger partial charge in [-0.15, -0.1) is 0 Å². The van der Waals surface area contributed by atoms with Crippen LogP contribution in [0.3, 0.4) is 0 Å². The molecule has 1 saturated heterocycles. The van der Waals surface area contributed by atoms with E-state index in [9.17, 15) is 10.5 Å². The number of nitrogens with two attached hydrogens (primary N) is 1. The normalized spacial score (nSPS) is 43.6. The highest BCUT2D eigenvalue weighted by molar-refractivity contribution is 9.10. The fourth-order valence-corrected chi connectivity index (χ4v) is 4.65. The summed E-state index contributed by atoms with van der Waals surface area (Å²) < 4.78 is 12.6. The zero-order valence-electron chi connectivity index (χ0n) is 12.3. The molecule has 4 rings (SSSR count). The zero-order valence-corrected chi connectivity index (χ0v) is 13.9. The van der Waals surface area contributed by atoms with E-state index in [0.717, 1.165) is 10.0 Å². The van der Waals surface area contributed by atoms with Gasteiger partial charge in [0.1, 0.15) is 0 Å². The number of nitriles is 2. The molecule has 6 nitrogen and oxygen atoms in total. The van der Waals surface area contributed by atoms with Crippen LogP contribution in [0.4, 0.5) is 0 Å². The van der Waals surface area contributed by atoms with Gasteiger partial charge < -0.3 is 9.47 Å². The third-order valence-electron chi connectivity index (χ3n) is 5.11. The van der Waals surface area contributed by atoms with Gasteiger partial charge in [-0.25, -0.2) is 4.99 Å². The third-order valence-corrected chi connectivity index (χ3v) is 5.83. The summed E-state index contributed by atoms with van der Waals surface area (Å²) in [6.45, 7) is 2.20. The van der Waals surface area contributed by atoms with Crippen molar-refractivity contribution in [1.82, 2.24) is 0 Å². The van der Waals surface area contributed by atoms with E-state index >= 15 is 0 Å². The Bertz CT molecular complexity index is 828. The van der Waals surface area contributed by atoms with Crippen LogP contribution in [-0.4, -0.2) is 24.5 Å². The van der Waals surface area contributed by atoms with Crippen molar-refractivity contribution in [2.45, 2.75) is 24.9 Å². The van der Waals surface area contributed by atoms with Gasteiger partial charge in [0.15, 0.2) is 10.8 Å². The van der Waals surface area contributed by atoms with E-state index < -0.39 is 22.7 Å². The molecule has 116 valence electrons. The molecule has 1 saturated carbocycles. The minimum absolute atomic E-state index is 0.185. The highest BCUT2D eigenvalue weighted by atomic mass is 79.9. The second-order valence-electron chi connectivity index (χ2n) is 6.19. The first kappa shape index (κ1) is 14.6. The summed E-state index contributed by atoms with van der Waals surface area (Å²) in [7, 11) is 0. The average Bonchev–Trinajstić information content (AvgIpc) is 2.91. The Morgan fingerprint density at radius 3 is 2.65 bits per heavy atom. The maximum atomic E-state index is 10.0. The van der Waals surface area contributed by atoms with Crippen molar-refractivity contribution in [2.24, 2.45) is 16.6 Å².